The third-order valence-electron chi connectivity index (χ3n) is 1.77. The summed E-state index contributed by atoms with van der Waals surface area (Å²) in [5.74, 6) is 0.746. The van der Waals surface area contributed by atoms with Crippen LogP contribution in [0.1, 0.15) is 10.4 Å². The van der Waals surface area contributed by atoms with Crippen LogP contribution >= 0.6 is 11.8 Å². The molecule has 0 spiro atoms. The summed E-state index contributed by atoms with van der Waals surface area (Å²) in [5, 5.41) is 9.04. The third kappa shape index (κ3) is 2.64. The van der Waals surface area contributed by atoms with Crippen LogP contribution in [0.5, 0.6) is 5.75 Å². The summed E-state index contributed by atoms with van der Waals surface area (Å²) in [6, 6.07) is 6.20. The van der Waals surface area contributed by atoms with E-state index in [4.69, 9.17) is 5.11 Å². The number of phenols is 1. The SMILES string of the molecule is C=C(CSC)C(=O)c1ccc(O)cc1. The van der Waals surface area contributed by atoms with Crippen LogP contribution < -0.4 is 0 Å². The molecule has 1 N–H and O–H groups in total. The molecule has 0 aliphatic heterocycles. The molecule has 1 rings (SSSR count). The van der Waals surface area contributed by atoms with Gasteiger partial charge < -0.3 is 5.11 Å². The predicted molar refractivity (Wildman–Crippen MR) is 60.0 cm³/mol. The van der Waals surface area contributed by atoms with E-state index < -0.39 is 0 Å². The zero-order chi connectivity index (χ0) is 10.6. The van der Waals surface area contributed by atoms with Gasteiger partial charge in [0, 0.05) is 16.9 Å². The van der Waals surface area contributed by atoms with Gasteiger partial charge in [0.2, 0.25) is 0 Å². The van der Waals surface area contributed by atoms with E-state index in [0.29, 0.717) is 16.9 Å². The second-order valence-corrected chi connectivity index (χ2v) is 3.78. The second-order valence-electron chi connectivity index (χ2n) is 2.91. The van der Waals surface area contributed by atoms with Crippen molar-refractivity contribution in [2.75, 3.05) is 12.0 Å². The lowest BCUT2D eigenvalue weighted by atomic mass is 10.1. The van der Waals surface area contributed by atoms with Gasteiger partial charge in [-0.1, -0.05) is 6.58 Å². The molecule has 0 heterocycles. The van der Waals surface area contributed by atoms with Crippen LogP contribution in [0.2, 0.25) is 0 Å². The maximum Gasteiger partial charge on any atom is 0.189 e. The molecule has 0 amide bonds. The summed E-state index contributed by atoms with van der Waals surface area (Å²) in [6.45, 7) is 3.71. The Kier molecular flexibility index (Phi) is 3.77. The first-order chi connectivity index (χ1) is 6.65. The topological polar surface area (TPSA) is 37.3 Å². The maximum atomic E-state index is 11.7. The van der Waals surface area contributed by atoms with Crippen molar-refractivity contribution >= 4 is 17.5 Å². The van der Waals surface area contributed by atoms with Crippen molar-refractivity contribution in [2.24, 2.45) is 0 Å². The molecule has 3 heteroatoms. The van der Waals surface area contributed by atoms with Gasteiger partial charge in [-0.3, -0.25) is 4.79 Å². The zero-order valence-corrected chi connectivity index (χ0v) is 8.80. The molecule has 0 fully saturated rings. The highest BCUT2D eigenvalue weighted by atomic mass is 32.2. The maximum absolute atomic E-state index is 11.7. The molecule has 14 heavy (non-hydrogen) atoms. The number of rotatable bonds is 4. The van der Waals surface area contributed by atoms with Gasteiger partial charge in [0.15, 0.2) is 5.78 Å². The van der Waals surface area contributed by atoms with Crippen LogP contribution in [0.15, 0.2) is 36.4 Å². The Morgan fingerprint density at radius 3 is 2.50 bits per heavy atom. The fourth-order valence-corrected chi connectivity index (χ4v) is 1.54. The van der Waals surface area contributed by atoms with Gasteiger partial charge in [-0.25, -0.2) is 0 Å². The van der Waals surface area contributed by atoms with E-state index in [1.54, 1.807) is 23.9 Å². The number of hydrogen-bond acceptors (Lipinski definition) is 3. The van der Waals surface area contributed by atoms with E-state index in [1.807, 2.05) is 6.26 Å². The molecule has 0 saturated carbocycles. The normalized spacial score (nSPS) is 9.79. The molecule has 0 aromatic heterocycles. The summed E-state index contributed by atoms with van der Waals surface area (Å²) in [4.78, 5) is 11.7. The van der Waals surface area contributed by atoms with Crippen molar-refractivity contribution < 1.29 is 9.90 Å². The Balaban J connectivity index is 2.79. The first-order valence-corrected chi connectivity index (χ1v) is 5.55. The van der Waals surface area contributed by atoms with E-state index in [0.717, 1.165) is 0 Å². The van der Waals surface area contributed by atoms with Crippen LogP contribution in [-0.2, 0) is 0 Å². The van der Waals surface area contributed by atoms with E-state index >= 15 is 0 Å². The zero-order valence-electron chi connectivity index (χ0n) is 7.99. The van der Waals surface area contributed by atoms with Crippen molar-refractivity contribution in [2.45, 2.75) is 0 Å². The number of thioether (sulfide) groups is 1. The number of aromatic hydroxyl groups is 1. The number of carbonyl (C=O) groups excluding carboxylic acids is 1. The minimum atomic E-state index is -0.0562. The lowest BCUT2D eigenvalue weighted by Crippen LogP contribution is -2.03. The molecule has 0 atom stereocenters. The lowest BCUT2D eigenvalue weighted by molar-refractivity contribution is 0.103. The van der Waals surface area contributed by atoms with Crippen molar-refractivity contribution in [3.63, 3.8) is 0 Å². The van der Waals surface area contributed by atoms with Crippen molar-refractivity contribution in [3.05, 3.63) is 42.0 Å². The smallest absolute Gasteiger partial charge is 0.189 e. The molecular formula is C11H12O2S. The standard InChI is InChI=1S/C11H12O2S/c1-8(7-14-2)11(13)9-3-5-10(12)6-4-9/h3-6,12H,1,7H2,2H3. The molecule has 0 radical (unpaired) electrons. The minimum absolute atomic E-state index is 0.0562. The second kappa shape index (κ2) is 4.86. The van der Waals surface area contributed by atoms with Gasteiger partial charge in [-0.15, -0.1) is 0 Å². The monoisotopic (exact) mass is 208 g/mol. The molecule has 0 saturated heterocycles. The molecule has 1 aromatic rings. The highest BCUT2D eigenvalue weighted by Crippen LogP contribution is 2.14. The summed E-state index contributed by atoms with van der Waals surface area (Å²) < 4.78 is 0. The van der Waals surface area contributed by atoms with Crippen LogP contribution in [-0.4, -0.2) is 22.9 Å². The number of Topliss-reactive ketones (excluding diaryl/α,β-unsaturated/α-hetero) is 1. The Hall–Kier alpha value is -1.22. The summed E-state index contributed by atoms with van der Waals surface area (Å²) >= 11 is 1.57. The Bertz CT molecular complexity index is 341. The van der Waals surface area contributed by atoms with Crippen LogP contribution in [0.25, 0.3) is 0 Å². The van der Waals surface area contributed by atoms with Crippen LogP contribution in [0.3, 0.4) is 0 Å². The van der Waals surface area contributed by atoms with Crippen molar-refractivity contribution in [1.29, 1.82) is 0 Å². The van der Waals surface area contributed by atoms with Gasteiger partial charge >= 0.3 is 0 Å². The molecule has 0 bridgehead atoms. The highest BCUT2D eigenvalue weighted by Gasteiger charge is 2.08. The predicted octanol–water partition coefficient (Wildman–Crippen LogP) is 2.49. The van der Waals surface area contributed by atoms with Gasteiger partial charge in [0.1, 0.15) is 5.75 Å². The fraction of sp³-hybridized carbons (Fsp3) is 0.182. The largest absolute Gasteiger partial charge is 0.508 e. The van der Waals surface area contributed by atoms with Crippen LogP contribution in [0.4, 0.5) is 0 Å². The fourth-order valence-electron chi connectivity index (χ4n) is 1.06. The molecule has 0 aliphatic rings. The minimum Gasteiger partial charge on any atom is -0.508 e. The van der Waals surface area contributed by atoms with Gasteiger partial charge in [0.25, 0.3) is 0 Å². The Morgan fingerprint density at radius 1 is 1.43 bits per heavy atom. The molecular weight excluding hydrogens is 196 g/mol. The van der Waals surface area contributed by atoms with Gasteiger partial charge in [-0.05, 0) is 30.5 Å². The summed E-state index contributed by atoms with van der Waals surface area (Å²) in [5.41, 5.74) is 1.16. The van der Waals surface area contributed by atoms with Crippen molar-refractivity contribution in [1.82, 2.24) is 0 Å². The average Bonchev–Trinajstić information content (AvgIpc) is 2.18. The third-order valence-corrected chi connectivity index (χ3v) is 2.41. The number of phenolic OH excluding ortho intramolecular Hbond substituents is 1. The molecule has 2 nitrogen and oxygen atoms in total. The van der Waals surface area contributed by atoms with E-state index in [1.165, 1.54) is 12.1 Å². The Morgan fingerprint density at radius 2 is 2.00 bits per heavy atom. The quantitative estimate of drug-likeness (QED) is 0.610. The van der Waals surface area contributed by atoms with Crippen molar-refractivity contribution in [3.8, 4) is 5.75 Å². The van der Waals surface area contributed by atoms with Gasteiger partial charge in [-0.2, -0.15) is 11.8 Å². The molecule has 74 valence electrons. The average molecular weight is 208 g/mol. The van der Waals surface area contributed by atoms with E-state index in [-0.39, 0.29) is 11.5 Å². The number of benzene rings is 1. The summed E-state index contributed by atoms with van der Waals surface area (Å²) in [6.07, 6.45) is 1.93. The van der Waals surface area contributed by atoms with Gasteiger partial charge in [0.05, 0.1) is 0 Å². The first kappa shape index (κ1) is 10.9. The lowest BCUT2D eigenvalue weighted by Gasteiger charge is -2.02. The molecule has 0 aliphatic carbocycles. The molecule has 0 unspecified atom stereocenters. The van der Waals surface area contributed by atoms with E-state index in [9.17, 15) is 4.79 Å². The highest BCUT2D eigenvalue weighted by molar-refractivity contribution is 7.98. The van der Waals surface area contributed by atoms with Crippen LogP contribution in [0, 0.1) is 0 Å². The Labute approximate surface area is 87.6 Å². The number of carbonyl (C=O) groups is 1. The summed E-state index contributed by atoms with van der Waals surface area (Å²) in [7, 11) is 0. The number of hydrogen-bond donors (Lipinski definition) is 1. The van der Waals surface area contributed by atoms with E-state index in [2.05, 4.69) is 6.58 Å². The molecule has 1 aromatic carbocycles. The number of ketones is 1. The first-order valence-electron chi connectivity index (χ1n) is 4.15.